The Bertz CT molecular complexity index is 845. The summed E-state index contributed by atoms with van der Waals surface area (Å²) in [5.41, 5.74) is 0.932. The number of benzene rings is 1. The highest BCUT2D eigenvalue weighted by Gasteiger charge is 2.35. The molecule has 0 radical (unpaired) electrons. The molecule has 1 saturated carbocycles. The van der Waals surface area contributed by atoms with Gasteiger partial charge in [-0.1, -0.05) is 55.5 Å². The summed E-state index contributed by atoms with van der Waals surface area (Å²) in [4.78, 5) is 39.7. The average Bonchev–Trinajstić information content (AvgIpc) is 2.71. The highest BCUT2D eigenvalue weighted by Crippen LogP contribution is 2.24. The van der Waals surface area contributed by atoms with Crippen LogP contribution in [0.4, 0.5) is 4.79 Å². The zero-order valence-corrected chi connectivity index (χ0v) is 19.7. The fourth-order valence-corrected chi connectivity index (χ4v) is 3.71. The van der Waals surface area contributed by atoms with Crippen LogP contribution >= 0.6 is 0 Å². The van der Waals surface area contributed by atoms with Crippen LogP contribution in [0.1, 0.15) is 77.0 Å². The third-order valence-corrected chi connectivity index (χ3v) is 5.33. The number of nitrogens with one attached hydrogen (secondary N) is 2. The predicted molar refractivity (Wildman–Crippen MR) is 123 cm³/mol. The Morgan fingerprint density at radius 3 is 2.25 bits per heavy atom. The zero-order chi connectivity index (χ0) is 23.9. The van der Waals surface area contributed by atoms with Crippen LogP contribution in [0.2, 0.25) is 0 Å². The van der Waals surface area contributed by atoms with E-state index in [9.17, 15) is 14.4 Å². The molecule has 0 bridgehead atoms. The number of terminal acetylenes is 1. The lowest BCUT2D eigenvalue weighted by Crippen LogP contribution is -2.51. The Morgan fingerprint density at radius 2 is 1.72 bits per heavy atom. The van der Waals surface area contributed by atoms with Crippen molar-refractivity contribution in [3.05, 3.63) is 35.4 Å². The lowest BCUT2D eigenvalue weighted by atomic mass is 9.94. The van der Waals surface area contributed by atoms with Gasteiger partial charge in [0.2, 0.25) is 5.91 Å². The first-order valence-electron chi connectivity index (χ1n) is 11.2. The molecule has 1 fully saturated rings. The molecule has 7 heteroatoms. The molecule has 2 unspecified atom stereocenters. The van der Waals surface area contributed by atoms with Crippen molar-refractivity contribution in [2.24, 2.45) is 0 Å². The minimum absolute atomic E-state index is 0.0660. The Morgan fingerprint density at radius 1 is 1.12 bits per heavy atom. The van der Waals surface area contributed by atoms with E-state index in [-0.39, 0.29) is 11.9 Å². The first-order chi connectivity index (χ1) is 15.0. The largest absolute Gasteiger partial charge is 0.444 e. The summed E-state index contributed by atoms with van der Waals surface area (Å²) in [6.07, 6.45) is 10.1. The van der Waals surface area contributed by atoms with E-state index in [0.29, 0.717) is 5.56 Å². The topological polar surface area (TPSA) is 87.7 Å². The molecule has 1 aliphatic rings. The van der Waals surface area contributed by atoms with Crippen LogP contribution in [-0.4, -0.2) is 40.5 Å². The predicted octanol–water partition coefficient (Wildman–Crippen LogP) is 3.82. The van der Waals surface area contributed by atoms with Crippen LogP contribution in [0, 0.1) is 19.4 Å². The van der Waals surface area contributed by atoms with Gasteiger partial charge in [-0.15, -0.1) is 0 Å². The van der Waals surface area contributed by atoms with Crippen molar-refractivity contribution >= 4 is 17.9 Å². The minimum atomic E-state index is -1.00. The standard InChI is InChI=1S/C25H35N3O4/c1-7-28(23(30)18(3)26-24(31)32-25(4,5)6)21(19-15-13-17(2)14-16-19)22(29)27-20-11-9-8-10-12-20/h1,13-16,18,20-21H,8-12H2,2-6H3,(H,26,31)(H,27,29). The molecule has 2 rings (SSSR count). The van der Waals surface area contributed by atoms with Gasteiger partial charge in [-0.05, 0) is 53.0 Å². The second-order valence-corrected chi connectivity index (χ2v) is 9.36. The Labute approximate surface area is 191 Å². The van der Waals surface area contributed by atoms with Gasteiger partial charge < -0.3 is 15.4 Å². The Kier molecular flexibility index (Phi) is 8.71. The van der Waals surface area contributed by atoms with Crippen LogP contribution in [0.15, 0.2) is 24.3 Å². The molecule has 32 heavy (non-hydrogen) atoms. The SMILES string of the molecule is C#CN(C(=O)C(C)NC(=O)OC(C)(C)C)C(C(=O)NC1CCCCC1)c1ccc(C)cc1. The normalized spacial score (nSPS) is 16.2. The van der Waals surface area contributed by atoms with Crippen LogP contribution in [0.25, 0.3) is 0 Å². The molecule has 1 aliphatic carbocycles. The summed E-state index contributed by atoms with van der Waals surface area (Å²) in [6.45, 7) is 8.65. The number of aryl methyl sites for hydroxylation is 1. The molecule has 2 N–H and O–H groups in total. The number of carbonyl (C=O) groups excluding carboxylic acids is 3. The molecule has 0 aliphatic heterocycles. The second kappa shape index (κ2) is 11.0. The van der Waals surface area contributed by atoms with E-state index in [1.807, 2.05) is 19.1 Å². The molecule has 174 valence electrons. The maximum atomic E-state index is 13.3. The number of nitrogens with zero attached hydrogens (tertiary/aromatic N) is 1. The van der Waals surface area contributed by atoms with Gasteiger partial charge in [-0.25, -0.2) is 4.79 Å². The summed E-state index contributed by atoms with van der Waals surface area (Å²) in [7, 11) is 0. The van der Waals surface area contributed by atoms with Crippen molar-refractivity contribution in [3.8, 4) is 12.5 Å². The molecular weight excluding hydrogens is 406 g/mol. The monoisotopic (exact) mass is 441 g/mol. The summed E-state index contributed by atoms with van der Waals surface area (Å²) in [5.74, 6) is -0.890. The quantitative estimate of drug-likeness (QED) is 0.519. The molecule has 0 heterocycles. The van der Waals surface area contributed by atoms with E-state index in [0.717, 1.165) is 42.6 Å². The molecule has 0 saturated heterocycles. The number of rotatable bonds is 6. The lowest BCUT2D eigenvalue weighted by molar-refractivity contribution is -0.138. The summed E-state index contributed by atoms with van der Waals surface area (Å²) >= 11 is 0. The van der Waals surface area contributed by atoms with Crippen LogP contribution in [0.5, 0.6) is 0 Å². The van der Waals surface area contributed by atoms with Crippen molar-refractivity contribution in [3.63, 3.8) is 0 Å². The maximum absolute atomic E-state index is 13.3. The van der Waals surface area contributed by atoms with Crippen LogP contribution in [-0.2, 0) is 14.3 Å². The molecule has 3 amide bonds. The van der Waals surface area contributed by atoms with Crippen molar-refractivity contribution < 1.29 is 19.1 Å². The maximum Gasteiger partial charge on any atom is 0.408 e. The molecule has 0 aromatic heterocycles. The highest BCUT2D eigenvalue weighted by molar-refractivity contribution is 5.93. The molecule has 1 aromatic carbocycles. The Balaban J connectivity index is 2.25. The van der Waals surface area contributed by atoms with Gasteiger partial charge in [0.1, 0.15) is 17.7 Å². The molecule has 0 spiro atoms. The van der Waals surface area contributed by atoms with E-state index in [2.05, 4.69) is 16.7 Å². The van der Waals surface area contributed by atoms with E-state index >= 15 is 0 Å². The number of hydrogen-bond donors (Lipinski definition) is 2. The van der Waals surface area contributed by atoms with Gasteiger partial charge in [0, 0.05) is 12.1 Å². The second-order valence-electron chi connectivity index (χ2n) is 9.36. The molecular formula is C25H35N3O4. The van der Waals surface area contributed by atoms with Crippen molar-refractivity contribution in [2.45, 2.75) is 90.4 Å². The third kappa shape index (κ3) is 7.30. The van der Waals surface area contributed by atoms with Crippen molar-refractivity contribution in [1.29, 1.82) is 0 Å². The van der Waals surface area contributed by atoms with E-state index in [1.54, 1.807) is 32.9 Å². The van der Waals surface area contributed by atoms with Crippen LogP contribution < -0.4 is 10.6 Å². The summed E-state index contributed by atoms with van der Waals surface area (Å²) < 4.78 is 5.23. The first kappa shape index (κ1) is 25.3. The summed E-state index contributed by atoms with van der Waals surface area (Å²) in [6, 6.07) is 7.79. The van der Waals surface area contributed by atoms with Crippen LogP contribution in [0.3, 0.4) is 0 Å². The fourth-order valence-electron chi connectivity index (χ4n) is 3.71. The number of amides is 3. The van der Waals surface area contributed by atoms with Gasteiger partial charge in [0.15, 0.2) is 0 Å². The number of ether oxygens (including phenoxy) is 1. The van der Waals surface area contributed by atoms with Gasteiger partial charge in [0.05, 0.1) is 0 Å². The van der Waals surface area contributed by atoms with Crippen molar-refractivity contribution in [1.82, 2.24) is 15.5 Å². The van der Waals surface area contributed by atoms with Crippen molar-refractivity contribution in [2.75, 3.05) is 0 Å². The van der Waals surface area contributed by atoms with Gasteiger partial charge in [-0.3, -0.25) is 14.5 Å². The van der Waals surface area contributed by atoms with Gasteiger partial charge >= 0.3 is 6.09 Å². The van der Waals surface area contributed by atoms with E-state index < -0.39 is 29.7 Å². The van der Waals surface area contributed by atoms with E-state index in [1.165, 1.54) is 6.92 Å². The first-order valence-corrected chi connectivity index (χ1v) is 11.2. The van der Waals surface area contributed by atoms with Gasteiger partial charge in [-0.2, -0.15) is 0 Å². The van der Waals surface area contributed by atoms with Gasteiger partial charge in [0.25, 0.3) is 5.91 Å². The minimum Gasteiger partial charge on any atom is -0.444 e. The molecule has 2 atom stereocenters. The van der Waals surface area contributed by atoms with E-state index in [4.69, 9.17) is 11.2 Å². The lowest BCUT2D eigenvalue weighted by Gasteiger charge is -2.31. The zero-order valence-electron chi connectivity index (χ0n) is 19.7. The average molecular weight is 442 g/mol. The number of hydrogen-bond acceptors (Lipinski definition) is 4. The smallest absolute Gasteiger partial charge is 0.408 e. The number of carbonyl (C=O) groups is 3. The fraction of sp³-hybridized carbons (Fsp3) is 0.560. The Hall–Kier alpha value is -3.01. The number of alkyl carbamates (subject to hydrolysis) is 1. The highest BCUT2D eigenvalue weighted by atomic mass is 16.6. The molecule has 7 nitrogen and oxygen atoms in total. The molecule has 1 aromatic rings. The third-order valence-electron chi connectivity index (χ3n) is 5.33. The summed E-state index contributed by atoms with van der Waals surface area (Å²) in [5, 5.41) is 5.58.